The molecule has 0 fully saturated rings. The Morgan fingerprint density at radius 3 is 1.88 bits per heavy atom. The predicted molar refractivity (Wildman–Crippen MR) is 72.9 cm³/mol. The van der Waals surface area contributed by atoms with Crippen LogP contribution in [0.4, 0.5) is 0 Å². The van der Waals surface area contributed by atoms with Crippen molar-refractivity contribution >= 4 is 0 Å². The van der Waals surface area contributed by atoms with Crippen molar-refractivity contribution in [2.45, 2.75) is 97.7 Å². The van der Waals surface area contributed by atoms with Crippen molar-refractivity contribution < 1.29 is 4.74 Å². The molecule has 0 aliphatic carbocycles. The maximum absolute atomic E-state index is 5.84. The smallest absolute Gasteiger partial charge is 0.0576 e. The Morgan fingerprint density at radius 1 is 0.812 bits per heavy atom. The molecule has 0 rings (SSSR count). The average molecular weight is 228 g/mol. The molecule has 1 atom stereocenters. The van der Waals surface area contributed by atoms with E-state index in [9.17, 15) is 0 Å². The summed E-state index contributed by atoms with van der Waals surface area (Å²) in [6.07, 6.45) is 13.1. The lowest BCUT2D eigenvalue weighted by atomic mass is 10.1. The molecule has 1 nitrogen and oxygen atoms in total. The van der Waals surface area contributed by atoms with Crippen LogP contribution >= 0.6 is 0 Å². The molecule has 0 aromatic rings. The molecule has 0 radical (unpaired) electrons. The molecule has 0 N–H and O–H groups in total. The van der Waals surface area contributed by atoms with E-state index in [1.807, 2.05) is 0 Å². The molecule has 16 heavy (non-hydrogen) atoms. The Hall–Kier alpha value is -0.0400. The Balaban J connectivity index is 3.27. The standard InChI is InChI=1S/C15H32O/c1-5-7-8-9-10-11-12-13-15(6-2)16-14(3)4/h14-15H,5-13H2,1-4H3. The molecule has 0 aromatic carbocycles. The quantitative estimate of drug-likeness (QED) is 0.434. The highest BCUT2D eigenvalue weighted by Gasteiger charge is 2.07. The second-order valence-corrected chi connectivity index (χ2v) is 5.13. The summed E-state index contributed by atoms with van der Waals surface area (Å²) in [6.45, 7) is 8.77. The Kier molecular flexibility index (Phi) is 11.4. The van der Waals surface area contributed by atoms with Crippen molar-refractivity contribution in [1.82, 2.24) is 0 Å². The van der Waals surface area contributed by atoms with Crippen molar-refractivity contribution in [2.75, 3.05) is 0 Å². The van der Waals surface area contributed by atoms with E-state index in [0.29, 0.717) is 12.2 Å². The minimum atomic E-state index is 0.384. The molecule has 0 saturated heterocycles. The number of rotatable bonds is 11. The second-order valence-electron chi connectivity index (χ2n) is 5.13. The van der Waals surface area contributed by atoms with Gasteiger partial charge in [0.2, 0.25) is 0 Å². The molecule has 0 aromatic heterocycles. The van der Waals surface area contributed by atoms with Gasteiger partial charge in [-0.3, -0.25) is 0 Å². The summed E-state index contributed by atoms with van der Waals surface area (Å²) < 4.78 is 5.84. The van der Waals surface area contributed by atoms with E-state index in [1.165, 1.54) is 51.4 Å². The first-order valence-corrected chi connectivity index (χ1v) is 7.36. The molecule has 0 aliphatic heterocycles. The fourth-order valence-electron chi connectivity index (χ4n) is 2.08. The van der Waals surface area contributed by atoms with Gasteiger partial charge in [-0.15, -0.1) is 0 Å². The third-order valence-corrected chi connectivity index (χ3v) is 3.05. The molecule has 1 unspecified atom stereocenters. The zero-order valence-electron chi connectivity index (χ0n) is 11.9. The first-order valence-electron chi connectivity index (χ1n) is 7.36. The van der Waals surface area contributed by atoms with E-state index < -0.39 is 0 Å². The van der Waals surface area contributed by atoms with E-state index in [4.69, 9.17) is 4.74 Å². The molecule has 0 heterocycles. The monoisotopic (exact) mass is 228 g/mol. The molecule has 0 spiro atoms. The van der Waals surface area contributed by atoms with Gasteiger partial charge in [-0.05, 0) is 26.7 Å². The number of ether oxygens (including phenoxy) is 1. The van der Waals surface area contributed by atoms with Gasteiger partial charge in [0.25, 0.3) is 0 Å². The van der Waals surface area contributed by atoms with E-state index in [1.54, 1.807) is 0 Å². The van der Waals surface area contributed by atoms with Gasteiger partial charge >= 0.3 is 0 Å². The summed E-state index contributed by atoms with van der Waals surface area (Å²) in [5, 5.41) is 0. The van der Waals surface area contributed by atoms with Gasteiger partial charge in [0, 0.05) is 0 Å². The fraction of sp³-hybridized carbons (Fsp3) is 1.00. The van der Waals surface area contributed by atoms with Crippen LogP contribution in [-0.2, 0) is 4.74 Å². The molecular formula is C15H32O. The first-order chi connectivity index (χ1) is 7.70. The maximum Gasteiger partial charge on any atom is 0.0576 e. The van der Waals surface area contributed by atoms with Crippen molar-refractivity contribution in [3.8, 4) is 0 Å². The van der Waals surface area contributed by atoms with Crippen molar-refractivity contribution in [3.63, 3.8) is 0 Å². The average Bonchev–Trinajstić information content (AvgIpc) is 2.25. The molecule has 98 valence electrons. The molecule has 0 bridgehead atoms. The highest BCUT2D eigenvalue weighted by atomic mass is 16.5. The lowest BCUT2D eigenvalue weighted by molar-refractivity contribution is 0.0000503. The molecule has 0 saturated carbocycles. The Morgan fingerprint density at radius 2 is 1.38 bits per heavy atom. The highest BCUT2D eigenvalue weighted by molar-refractivity contribution is 4.58. The highest BCUT2D eigenvalue weighted by Crippen LogP contribution is 2.14. The van der Waals surface area contributed by atoms with Crippen LogP contribution in [0, 0.1) is 0 Å². The van der Waals surface area contributed by atoms with Crippen LogP contribution in [0.1, 0.15) is 85.5 Å². The van der Waals surface area contributed by atoms with Crippen LogP contribution < -0.4 is 0 Å². The van der Waals surface area contributed by atoms with Crippen LogP contribution in [-0.4, -0.2) is 12.2 Å². The van der Waals surface area contributed by atoms with Gasteiger partial charge in [-0.2, -0.15) is 0 Å². The third-order valence-electron chi connectivity index (χ3n) is 3.05. The van der Waals surface area contributed by atoms with E-state index in [-0.39, 0.29) is 0 Å². The number of hydrogen-bond acceptors (Lipinski definition) is 1. The lowest BCUT2D eigenvalue weighted by Crippen LogP contribution is -2.16. The summed E-state index contributed by atoms with van der Waals surface area (Å²) in [4.78, 5) is 0. The molecule has 0 aliphatic rings. The number of hydrogen-bond donors (Lipinski definition) is 0. The largest absolute Gasteiger partial charge is 0.376 e. The summed E-state index contributed by atoms with van der Waals surface area (Å²) in [7, 11) is 0. The van der Waals surface area contributed by atoms with E-state index in [0.717, 1.165) is 6.42 Å². The van der Waals surface area contributed by atoms with E-state index in [2.05, 4.69) is 27.7 Å². The van der Waals surface area contributed by atoms with Crippen molar-refractivity contribution in [3.05, 3.63) is 0 Å². The van der Waals surface area contributed by atoms with E-state index >= 15 is 0 Å². The third kappa shape index (κ3) is 10.5. The van der Waals surface area contributed by atoms with Gasteiger partial charge in [0.1, 0.15) is 0 Å². The molecule has 1 heteroatoms. The fourth-order valence-corrected chi connectivity index (χ4v) is 2.08. The molecular weight excluding hydrogens is 196 g/mol. The maximum atomic E-state index is 5.84. The van der Waals surface area contributed by atoms with Crippen LogP contribution in [0.3, 0.4) is 0 Å². The minimum Gasteiger partial charge on any atom is -0.376 e. The predicted octanol–water partition coefficient (Wildman–Crippen LogP) is 5.33. The number of unbranched alkanes of at least 4 members (excludes halogenated alkanes) is 6. The normalized spacial score (nSPS) is 13.3. The summed E-state index contributed by atoms with van der Waals surface area (Å²) >= 11 is 0. The van der Waals surface area contributed by atoms with Gasteiger partial charge in [-0.1, -0.05) is 58.8 Å². The zero-order valence-corrected chi connectivity index (χ0v) is 11.9. The molecule has 0 amide bonds. The summed E-state index contributed by atoms with van der Waals surface area (Å²) in [5.74, 6) is 0. The van der Waals surface area contributed by atoms with Gasteiger partial charge in [0.15, 0.2) is 0 Å². The Bertz CT molecular complexity index is 131. The van der Waals surface area contributed by atoms with Crippen LogP contribution in [0.15, 0.2) is 0 Å². The van der Waals surface area contributed by atoms with Gasteiger partial charge < -0.3 is 4.74 Å². The van der Waals surface area contributed by atoms with Crippen LogP contribution in [0.25, 0.3) is 0 Å². The minimum absolute atomic E-state index is 0.384. The van der Waals surface area contributed by atoms with Gasteiger partial charge in [0.05, 0.1) is 12.2 Å². The van der Waals surface area contributed by atoms with Crippen LogP contribution in [0.5, 0.6) is 0 Å². The first kappa shape index (κ1) is 16.0. The summed E-state index contributed by atoms with van der Waals surface area (Å²) in [5.41, 5.74) is 0. The Labute approximate surface area is 103 Å². The van der Waals surface area contributed by atoms with Crippen molar-refractivity contribution in [1.29, 1.82) is 0 Å². The second kappa shape index (κ2) is 11.4. The SMILES string of the molecule is CCCCCCCCCC(CC)OC(C)C. The van der Waals surface area contributed by atoms with Gasteiger partial charge in [-0.25, -0.2) is 0 Å². The summed E-state index contributed by atoms with van der Waals surface area (Å²) in [6, 6.07) is 0. The van der Waals surface area contributed by atoms with Crippen molar-refractivity contribution in [2.24, 2.45) is 0 Å². The topological polar surface area (TPSA) is 9.23 Å². The zero-order chi connectivity index (χ0) is 12.2. The lowest BCUT2D eigenvalue weighted by Gasteiger charge is -2.18. The van der Waals surface area contributed by atoms with Crippen LogP contribution in [0.2, 0.25) is 0 Å².